The summed E-state index contributed by atoms with van der Waals surface area (Å²) in [5, 5.41) is 8.44. The van der Waals surface area contributed by atoms with Crippen molar-refractivity contribution < 1.29 is 0 Å². The summed E-state index contributed by atoms with van der Waals surface area (Å²) in [7, 11) is 0. The van der Waals surface area contributed by atoms with E-state index in [1.807, 2.05) is 0 Å². The Hall–Kier alpha value is -0.990. The lowest BCUT2D eigenvalue weighted by Crippen LogP contribution is -2.28. The zero-order chi connectivity index (χ0) is 13.5. The summed E-state index contributed by atoms with van der Waals surface area (Å²) in [6.45, 7) is 7.97. The van der Waals surface area contributed by atoms with Crippen molar-refractivity contribution in [1.82, 2.24) is 9.78 Å². The molecule has 0 bridgehead atoms. The summed E-state index contributed by atoms with van der Waals surface area (Å²) < 4.78 is 2.31. The highest BCUT2D eigenvalue weighted by molar-refractivity contribution is 5.39. The smallest absolute Gasteiger partial charge is 0.124 e. The molecular weight excluding hydrogens is 234 g/mol. The second kappa shape index (κ2) is 4.84. The molecule has 0 aromatic carbocycles. The van der Waals surface area contributed by atoms with Crippen molar-refractivity contribution in [3.05, 3.63) is 11.8 Å². The molecule has 1 aliphatic heterocycles. The lowest BCUT2D eigenvalue weighted by Gasteiger charge is -2.30. The summed E-state index contributed by atoms with van der Waals surface area (Å²) in [6, 6.07) is 2.92. The van der Waals surface area contributed by atoms with E-state index in [2.05, 4.69) is 36.8 Å². The fourth-order valence-electron chi connectivity index (χ4n) is 3.71. The first-order chi connectivity index (χ1) is 9.03. The van der Waals surface area contributed by atoms with E-state index >= 15 is 0 Å². The molecule has 1 aliphatic carbocycles. The molecule has 106 valence electrons. The molecule has 2 aliphatic rings. The molecule has 19 heavy (non-hydrogen) atoms. The maximum absolute atomic E-state index is 4.92. The fraction of sp³-hybridized carbons (Fsp3) is 0.812. The summed E-state index contributed by atoms with van der Waals surface area (Å²) >= 11 is 0. The average Bonchev–Trinajstić information content (AvgIpc) is 2.93. The Balaban J connectivity index is 1.83. The summed E-state index contributed by atoms with van der Waals surface area (Å²) in [5.41, 5.74) is 1.56. The second-order valence-electron chi connectivity index (χ2n) is 7.53. The van der Waals surface area contributed by atoms with Crippen molar-refractivity contribution in [3.8, 4) is 0 Å². The minimum Gasteiger partial charge on any atom is -0.370 e. The van der Waals surface area contributed by atoms with Crippen molar-refractivity contribution in [2.45, 2.75) is 65.3 Å². The first-order valence-electron chi connectivity index (χ1n) is 7.85. The van der Waals surface area contributed by atoms with Gasteiger partial charge in [0.1, 0.15) is 5.82 Å². The Kier molecular flexibility index (Phi) is 3.32. The molecule has 1 atom stereocenters. The van der Waals surface area contributed by atoms with E-state index in [1.165, 1.54) is 43.6 Å². The minimum atomic E-state index is 0.313. The lowest BCUT2D eigenvalue weighted by molar-refractivity contribution is 0.287. The fourth-order valence-corrected chi connectivity index (χ4v) is 3.71. The normalized spacial score (nSPS) is 24.3. The molecule has 1 aromatic heterocycles. The Morgan fingerprint density at radius 2 is 2.00 bits per heavy atom. The van der Waals surface area contributed by atoms with Gasteiger partial charge in [0.05, 0.1) is 11.7 Å². The third-order valence-corrected chi connectivity index (χ3v) is 4.50. The van der Waals surface area contributed by atoms with Gasteiger partial charge in [-0.3, -0.25) is 0 Å². The van der Waals surface area contributed by atoms with Gasteiger partial charge in [0.25, 0.3) is 0 Å². The van der Waals surface area contributed by atoms with Crippen LogP contribution in [0.25, 0.3) is 0 Å². The van der Waals surface area contributed by atoms with Crippen LogP contribution in [0.3, 0.4) is 0 Å². The highest BCUT2D eigenvalue weighted by Gasteiger charge is 2.31. The number of anilines is 1. The molecule has 3 nitrogen and oxygen atoms in total. The molecule has 3 rings (SSSR count). The van der Waals surface area contributed by atoms with Crippen LogP contribution in [0, 0.1) is 11.3 Å². The van der Waals surface area contributed by atoms with Gasteiger partial charge in [0.2, 0.25) is 0 Å². The lowest BCUT2D eigenvalue weighted by atomic mass is 9.91. The number of nitrogens with one attached hydrogen (secondary N) is 1. The van der Waals surface area contributed by atoms with Gasteiger partial charge in [-0.2, -0.15) is 5.10 Å². The van der Waals surface area contributed by atoms with Crippen LogP contribution in [-0.4, -0.2) is 16.3 Å². The molecule has 1 saturated carbocycles. The van der Waals surface area contributed by atoms with Gasteiger partial charge in [-0.25, -0.2) is 4.68 Å². The van der Waals surface area contributed by atoms with Crippen LogP contribution in [0.4, 0.5) is 5.82 Å². The van der Waals surface area contributed by atoms with E-state index in [9.17, 15) is 0 Å². The monoisotopic (exact) mass is 261 g/mol. The van der Waals surface area contributed by atoms with E-state index in [0.29, 0.717) is 11.5 Å². The maximum Gasteiger partial charge on any atom is 0.124 e. The number of hydrogen-bond acceptors (Lipinski definition) is 2. The Morgan fingerprint density at radius 3 is 2.68 bits per heavy atom. The second-order valence-corrected chi connectivity index (χ2v) is 7.53. The molecule has 0 amide bonds. The highest BCUT2D eigenvalue weighted by atomic mass is 15.4. The number of fused-ring (bicyclic) bond motifs is 1. The topological polar surface area (TPSA) is 29.9 Å². The molecule has 1 aromatic rings. The van der Waals surface area contributed by atoms with Crippen molar-refractivity contribution in [2.24, 2.45) is 11.3 Å². The van der Waals surface area contributed by atoms with Crippen LogP contribution in [-0.2, 0) is 6.42 Å². The molecular formula is C16H27N3. The summed E-state index contributed by atoms with van der Waals surface area (Å²) in [5.74, 6) is 2.12. The molecule has 2 heterocycles. The Bertz CT molecular complexity index is 435. The number of nitrogens with zero attached hydrogens (tertiary/aromatic N) is 2. The predicted molar refractivity (Wildman–Crippen MR) is 79.5 cm³/mol. The zero-order valence-electron chi connectivity index (χ0n) is 12.6. The average molecular weight is 261 g/mol. The van der Waals surface area contributed by atoms with Crippen molar-refractivity contribution in [1.29, 1.82) is 0 Å². The van der Waals surface area contributed by atoms with Crippen molar-refractivity contribution >= 4 is 5.82 Å². The molecule has 0 radical (unpaired) electrons. The van der Waals surface area contributed by atoms with Gasteiger partial charge in [-0.15, -0.1) is 0 Å². The van der Waals surface area contributed by atoms with E-state index in [-0.39, 0.29) is 0 Å². The van der Waals surface area contributed by atoms with Crippen LogP contribution in [0.15, 0.2) is 6.07 Å². The molecule has 1 fully saturated rings. The van der Waals surface area contributed by atoms with Gasteiger partial charge in [0.15, 0.2) is 0 Å². The highest BCUT2D eigenvalue weighted by Crippen LogP contribution is 2.39. The SMILES string of the molecule is CC(C)(C)Cc1cc2n(n1)C(C1CCCC1)CCN2. The van der Waals surface area contributed by atoms with Gasteiger partial charge in [-0.05, 0) is 37.0 Å². The van der Waals surface area contributed by atoms with Crippen LogP contribution < -0.4 is 5.32 Å². The van der Waals surface area contributed by atoms with E-state index < -0.39 is 0 Å². The quantitative estimate of drug-likeness (QED) is 0.871. The van der Waals surface area contributed by atoms with E-state index in [1.54, 1.807) is 0 Å². The Labute approximate surface area is 116 Å². The molecule has 3 heteroatoms. The number of aromatic nitrogens is 2. The Morgan fingerprint density at radius 1 is 1.26 bits per heavy atom. The first kappa shape index (κ1) is 13.0. The van der Waals surface area contributed by atoms with Crippen LogP contribution in [0.2, 0.25) is 0 Å². The summed E-state index contributed by atoms with van der Waals surface area (Å²) in [4.78, 5) is 0. The largest absolute Gasteiger partial charge is 0.370 e. The number of rotatable bonds is 2. The minimum absolute atomic E-state index is 0.313. The molecule has 1 unspecified atom stereocenters. The van der Waals surface area contributed by atoms with E-state index in [0.717, 1.165) is 18.9 Å². The standard InChI is InChI=1S/C16H27N3/c1-16(2,3)11-13-10-15-17-9-8-14(19(15)18-13)12-6-4-5-7-12/h10,12,14,17H,4-9,11H2,1-3H3. The van der Waals surface area contributed by atoms with Gasteiger partial charge in [0, 0.05) is 12.6 Å². The third kappa shape index (κ3) is 2.80. The predicted octanol–water partition coefficient (Wildman–Crippen LogP) is 4.02. The van der Waals surface area contributed by atoms with Crippen LogP contribution >= 0.6 is 0 Å². The summed E-state index contributed by atoms with van der Waals surface area (Å²) in [6.07, 6.45) is 7.94. The first-order valence-corrected chi connectivity index (χ1v) is 7.85. The molecule has 0 spiro atoms. The third-order valence-electron chi connectivity index (χ3n) is 4.50. The van der Waals surface area contributed by atoms with Crippen LogP contribution in [0.1, 0.15) is 64.6 Å². The molecule has 1 N–H and O–H groups in total. The van der Waals surface area contributed by atoms with Gasteiger partial charge < -0.3 is 5.32 Å². The van der Waals surface area contributed by atoms with Crippen LogP contribution in [0.5, 0.6) is 0 Å². The van der Waals surface area contributed by atoms with Gasteiger partial charge in [-0.1, -0.05) is 33.6 Å². The number of hydrogen-bond donors (Lipinski definition) is 1. The van der Waals surface area contributed by atoms with E-state index in [4.69, 9.17) is 5.10 Å². The molecule has 0 saturated heterocycles. The zero-order valence-corrected chi connectivity index (χ0v) is 12.6. The van der Waals surface area contributed by atoms with Gasteiger partial charge >= 0.3 is 0 Å². The van der Waals surface area contributed by atoms with Crippen molar-refractivity contribution in [2.75, 3.05) is 11.9 Å². The van der Waals surface area contributed by atoms with Crippen molar-refractivity contribution in [3.63, 3.8) is 0 Å². The maximum atomic E-state index is 4.92.